The summed E-state index contributed by atoms with van der Waals surface area (Å²) in [7, 11) is 0. The van der Waals surface area contributed by atoms with E-state index in [2.05, 4.69) is 10.1 Å². The van der Waals surface area contributed by atoms with Gasteiger partial charge < -0.3 is 9.63 Å². The fraction of sp³-hybridized carbons (Fsp3) is 0.0909. The van der Waals surface area contributed by atoms with Crippen molar-refractivity contribution in [2.45, 2.75) is 13.0 Å². The molecule has 4 rings (SSSR count). The molecule has 0 fully saturated rings. The first-order valence-electron chi connectivity index (χ1n) is 8.64. The van der Waals surface area contributed by atoms with E-state index in [0.717, 1.165) is 11.1 Å². The number of hydrogen-bond donors (Lipinski definition) is 1. The summed E-state index contributed by atoms with van der Waals surface area (Å²) in [5.41, 5.74) is 4.19. The summed E-state index contributed by atoms with van der Waals surface area (Å²) in [5, 5.41) is 16.3. The molecule has 140 valence electrons. The number of nitrogens with zero attached hydrogens (tertiary/aromatic N) is 2. The van der Waals surface area contributed by atoms with Gasteiger partial charge in [0.15, 0.2) is 5.76 Å². The van der Waals surface area contributed by atoms with Crippen molar-refractivity contribution in [3.8, 4) is 22.6 Å². The van der Waals surface area contributed by atoms with Crippen LogP contribution in [0.1, 0.15) is 22.8 Å². The molecule has 0 aliphatic heterocycles. The molecule has 0 saturated carbocycles. The second-order valence-electron chi connectivity index (χ2n) is 6.45. The highest BCUT2D eigenvalue weighted by atomic mass is 35.5. The van der Waals surface area contributed by atoms with Gasteiger partial charge in [0.1, 0.15) is 11.8 Å². The van der Waals surface area contributed by atoms with Crippen molar-refractivity contribution in [1.29, 1.82) is 0 Å². The number of aryl methyl sites for hydroxylation is 1. The highest BCUT2D eigenvalue weighted by molar-refractivity contribution is 6.36. The minimum absolute atomic E-state index is 0.427. The Kier molecular flexibility index (Phi) is 5.18. The summed E-state index contributed by atoms with van der Waals surface area (Å²) in [6, 6.07) is 16.5. The zero-order valence-corrected chi connectivity index (χ0v) is 16.4. The molecule has 0 radical (unpaired) electrons. The molecule has 0 spiro atoms. The van der Waals surface area contributed by atoms with Crippen molar-refractivity contribution in [3.63, 3.8) is 0 Å². The zero-order chi connectivity index (χ0) is 19.7. The molecule has 2 aromatic heterocycles. The van der Waals surface area contributed by atoms with Gasteiger partial charge in [-0.1, -0.05) is 64.3 Å². The van der Waals surface area contributed by atoms with Crippen molar-refractivity contribution in [2.24, 2.45) is 0 Å². The number of aliphatic hydroxyl groups is 1. The lowest BCUT2D eigenvalue weighted by atomic mass is 9.94. The van der Waals surface area contributed by atoms with E-state index in [1.165, 1.54) is 0 Å². The Morgan fingerprint density at radius 1 is 1.04 bits per heavy atom. The average molecular weight is 411 g/mol. The number of aromatic nitrogens is 2. The fourth-order valence-electron chi connectivity index (χ4n) is 3.04. The molecular weight excluding hydrogens is 395 g/mol. The molecule has 4 nitrogen and oxygen atoms in total. The van der Waals surface area contributed by atoms with E-state index >= 15 is 0 Å². The van der Waals surface area contributed by atoms with Crippen molar-refractivity contribution in [1.82, 2.24) is 10.1 Å². The summed E-state index contributed by atoms with van der Waals surface area (Å²) in [6.07, 6.45) is 2.28. The van der Waals surface area contributed by atoms with Gasteiger partial charge in [-0.2, -0.15) is 0 Å². The normalized spacial score (nSPS) is 12.1. The lowest BCUT2D eigenvalue weighted by Crippen LogP contribution is -2.03. The fourth-order valence-corrected chi connectivity index (χ4v) is 3.54. The van der Waals surface area contributed by atoms with Crippen LogP contribution in [0.15, 0.2) is 71.5 Å². The van der Waals surface area contributed by atoms with Crippen LogP contribution in [-0.4, -0.2) is 15.2 Å². The van der Waals surface area contributed by atoms with Gasteiger partial charge in [0.05, 0.1) is 10.6 Å². The van der Waals surface area contributed by atoms with Crippen molar-refractivity contribution < 1.29 is 9.63 Å². The summed E-state index contributed by atoms with van der Waals surface area (Å²) < 4.78 is 5.68. The van der Waals surface area contributed by atoms with Crippen molar-refractivity contribution in [2.75, 3.05) is 0 Å². The van der Waals surface area contributed by atoms with Crippen LogP contribution < -0.4 is 0 Å². The summed E-state index contributed by atoms with van der Waals surface area (Å²) in [4.78, 5) is 4.11. The summed E-state index contributed by atoms with van der Waals surface area (Å²) in [6.45, 7) is 2.01. The minimum Gasteiger partial charge on any atom is -0.383 e. The maximum atomic E-state index is 11.2. The molecule has 28 heavy (non-hydrogen) atoms. The molecule has 1 unspecified atom stereocenters. The molecule has 2 heterocycles. The van der Waals surface area contributed by atoms with Gasteiger partial charge >= 0.3 is 0 Å². The Labute approximate surface area is 172 Å². The Balaban J connectivity index is 1.93. The highest BCUT2D eigenvalue weighted by Crippen LogP contribution is 2.41. The lowest BCUT2D eigenvalue weighted by Gasteiger charge is -2.13. The number of halogens is 2. The van der Waals surface area contributed by atoms with Gasteiger partial charge in [0.2, 0.25) is 0 Å². The third-order valence-corrected chi connectivity index (χ3v) is 5.05. The number of hydrogen-bond acceptors (Lipinski definition) is 4. The van der Waals surface area contributed by atoms with Gasteiger partial charge in [-0.05, 0) is 31.2 Å². The standard InChI is InChI=1S/C22H16Cl2N2O2/c1-13-4-6-14(7-5-13)22-19(21(27)15-3-2-10-25-12-15)20(26-28-22)17-9-8-16(23)11-18(17)24/h2-12,21,27H,1H3. The quantitative estimate of drug-likeness (QED) is 0.441. The van der Waals surface area contributed by atoms with Gasteiger partial charge in [0.25, 0.3) is 0 Å². The lowest BCUT2D eigenvalue weighted by molar-refractivity contribution is 0.220. The number of rotatable bonds is 4. The molecule has 0 amide bonds. The summed E-state index contributed by atoms with van der Waals surface area (Å²) in [5.74, 6) is 0.484. The van der Waals surface area contributed by atoms with Gasteiger partial charge in [-0.3, -0.25) is 4.98 Å². The van der Waals surface area contributed by atoms with Crippen LogP contribution in [-0.2, 0) is 0 Å². The molecule has 1 atom stereocenters. The van der Waals surface area contributed by atoms with E-state index in [-0.39, 0.29) is 0 Å². The first-order valence-corrected chi connectivity index (χ1v) is 9.40. The predicted molar refractivity (Wildman–Crippen MR) is 110 cm³/mol. The molecule has 0 saturated heterocycles. The SMILES string of the molecule is Cc1ccc(-c2onc(-c3ccc(Cl)cc3Cl)c2C(O)c2cccnc2)cc1. The van der Waals surface area contributed by atoms with Crippen LogP contribution in [0.2, 0.25) is 10.0 Å². The Bertz CT molecular complexity index is 1110. The number of pyridine rings is 1. The monoisotopic (exact) mass is 410 g/mol. The van der Waals surface area contributed by atoms with Crippen LogP contribution >= 0.6 is 23.2 Å². The molecule has 2 aromatic carbocycles. The molecule has 1 N–H and O–H groups in total. The van der Waals surface area contributed by atoms with E-state index < -0.39 is 6.10 Å². The van der Waals surface area contributed by atoms with Gasteiger partial charge in [-0.15, -0.1) is 0 Å². The van der Waals surface area contributed by atoms with E-state index in [4.69, 9.17) is 27.7 Å². The van der Waals surface area contributed by atoms with E-state index in [0.29, 0.717) is 38.2 Å². The Morgan fingerprint density at radius 2 is 1.82 bits per heavy atom. The summed E-state index contributed by atoms with van der Waals surface area (Å²) >= 11 is 12.4. The predicted octanol–water partition coefficient (Wildman–Crippen LogP) is 6.10. The molecule has 4 aromatic rings. The maximum absolute atomic E-state index is 11.2. The van der Waals surface area contributed by atoms with Crippen LogP contribution in [0.4, 0.5) is 0 Å². The average Bonchev–Trinajstić information content (AvgIpc) is 3.13. The Hall–Kier alpha value is -2.66. The van der Waals surface area contributed by atoms with Crippen LogP contribution in [0.25, 0.3) is 22.6 Å². The molecule has 0 aliphatic rings. The highest BCUT2D eigenvalue weighted by Gasteiger charge is 2.27. The largest absolute Gasteiger partial charge is 0.383 e. The van der Waals surface area contributed by atoms with Gasteiger partial charge in [-0.25, -0.2) is 0 Å². The third kappa shape index (κ3) is 3.54. The second kappa shape index (κ2) is 7.76. The molecular formula is C22H16Cl2N2O2. The van der Waals surface area contributed by atoms with E-state index in [1.54, 1.807) is 42.7 Å². The van der Waals surface area contributed by atoms with Crippen LogP contribution in [0.3, 0.4) is 0 Å². The first kappa shape index (κ1) is 18.7. The van der Waals surface area contributed by atoms with Gasteiger partial charge in [0, 0.05) is 34.1 Å². The molecule has 0 bridgehead atoms. The van der Waals surface area contributed by atoms with E-state index in [9.17, 15) is 5.11 Å². The van der Waals surface area contributed by atoms with Crippen molar-refractivity contribution in [3.05, 3.63) is 93.7 Å². The molecule has 0 aliphatic carbocycles. The smallest absolute Gasteiger partial charge is 0.173 e. The Morgan fingerprint density at radius 3 is 2.50 bits per heavy atom. The van der Waals surface area contributed by atoms with Crippen LogP contribution in [0.5, 0.6) is 0 Å². The first-order chi connectivity index (χ1) is 13.5. The maximum Gasteiger partial charge on any atom is 0.173 e. The number of aliphatic hydroxyl groups excluding tert-OH is 1. The topological polar surface area (TPSA) is 59.2 Å². The second-order valence-corrected chi connectivity index (χ2v) is 7.30. The van der Waals surface area contributed by atoms with Crippen molar-refractivity contribution >= 4 is 23.2 Å². The third-order valence-electron chi connectivity index (χ3n) is 4.50. The van der Waals surface area contributed by atoms with E-state index in [1.807, 2.05) is 31.2 Å². The zero-order valence-electron chi connectivity index (χ0n) is 14.9. The minimum atomic E-state index is -0.988. The van der Waals surface area contributed by atoms with Crippen LogP contribution in [0, 0.1) is 6.92 Å². The molecule has 6 heteroatoms. The number of benzene rings is 2.